The van der Waals surface area contributed by atoms with Gasteiger partial charge in [0.25, 0.3) is 0 Å². The molecule has 0 aliphatic rings. The van der Waals surface area contributed by atoms with Crippen molar-refractivity contribution < 1.29 is 0 Å². The Morgan fingerprint density at radius 3 is 1.61 bits per heavy atom. The van der Waals surface area contributed by atoms with Gasteiger partial charge in [0, 0.05) is 10.7 Å². The van der Waals surface area contributed by atoms with E-state index in [-0.39, 0.29) is 0 Å². The van der Waals surface area contributed by atoms with E-state index < -0.39 is 0 Å². The van der Waals surface area contributed by atoms with Crippen molar-refractivity contribution in [2.24, 2.45) is 0 Å². The zero-order valence-electron chi connectivity index (χ0n) is 11.1. The molecule has 0 aromatic heterocycles. The van der Waals surface area contributed by atoms with E-state index in [1.807, 2.05) is 0 Å². The summed E-state index contributed by atoms with van der Waals surface area (Å²) in [5.74, 6) is 0. The SMILES string of the molecule is BrCCCCCc1cccc(CCCCCBr)c1. The van der Waals surface area contributed by atoms with E-state index >= 15 is 0 Å². The first-order valence-corrected chi connectivity index (χ1v) is 9.31. The van der Waals surface area contributed by atoms with Gasteiger partial charge in [0.1, 0.15) is 0 Å². The van der Waals surface area contributed by atoms with Crippen molar-refractivity contribution in [3.8, 4) is 0 Å². The van der Waals surface area contributed by atoms with E-state index in [0.29, 0.717) is 0 Å². The zero-order valence-corrected chi connectivity index (χ0v) is 14.3. The summed E-state index contributed by atoms with van der Waals surface area (Å²) < 4.78 is 0. The van der Waals surface area contributed by atoms with Gasteiger partial charge in [0.2, 0.25) is 0 Å². The summed E-state index contributed by atoms with van der Waals surface area (Å²) in [7, 11) is 0. The van der Waals surface area contributed by atoms with Crippen molar-refractivity contribution in [2.75, 3.05) is 10.7 Å². The van der Waals surface area contributed by atoms with Crippen LogP contribution in [-0.4, -0.2) is 10.7 Å². The third kappa shape index (κ3) is 7.58. The number of alkyl halides is 2. The second-order valence-corrected chi connectivity index (χ2v) is 6.41. The predicted octanol–water partition coefficient (Wildman–Crippen LogP) is 5.90. The maximum absolute atomic E-state index is 3.49. The number of halogens is 2. The molecule has 18 heavy (non-hydrogen) atoms. The molecule has 1 rings (SSSR count). The van der Waals surface area contributed by atoms with Crippen LogP contribution in [0.25, 0.3) is 0 Å². The van der Waals surface area contributed by atoms with E-state index in [2.05, 4.69) is 56.1 Å². The lowest BCUT2D eigenvalue weighted by molar-refractivity contribution is 0.715. The number of rotatable bonds is 10. The topological polar surface area (TPSA) is 0 Å². The summed E-state index contributed by atoms with van der Waals surface area (Å²) >= 11 is 6.97. The molecule has 0 amide bonds. The third-order valence-electron chi connectivity index (χ3n) is 3.19. The Bertz CT molecular complexity index is 282. The Hall–Kier alpha value is 0.180. The van der Waals surface area contributed by atoms with Crippen LogP contribution in [-0.2, 0) is 12.8 Å². The van der Waals surface area contributed by atoms with Gasteiger partial charge in [-0.2, -0.15) is 0 Å². The molecular formula is C16H24Br2. The van der Waals surface area contributed by atoms with E-state index in [0.717, 1.165) is 10.7 Å². The van der Waals surface area contributed by atoms with Gasteiger partial charge in [0.05, 0.1) is 0 Å². The van der Waals surface area contributed by atoms with Crippen molar-refractivity contribution in [1.29, 1.82) is 0 Å². The van der Waals surface area contributed by atoms with Crippen LogP contribution in [0.2, 0.25) is 0 Å². The fourth-order valence-electron chi connectivity index (χ4n) is 2.14. The van der Waals surface area contributed by atoms with Gasteiger partial charge >= 0.3 is 0 Å². The van der Waals surface area contributed by atoms with Crippen molar-refractivity contribution in [1.82, 2.24) is 0 Å². The largest absolute Gasteiger partial charge is 0.0928 e. The van der Waals surface area contributed by atoms with Crippen LogP contribution in [0, 0.1) is 0 Å². The Balaban J connectivity index is 2.27. The molecule has 0 saturated heterocycles. The maximum Gasteiger partial charge on any atom is 0.00313 e. The lowest BCUT2D eigenvalue weighted by atomic mass is 10.0. The van der Waals surface area contributed by atoms with Crippen LogP contribution in [0.1, 0.15) is 49.7 Å². The van der Waals surface area contributed by atoms with Gasteiger partial charge in [-0.25, -0.2) is 0 Å². The molecule has 0 saturated carbocycles. The van der Waals surface area contributed by atoms with Crippen LogP contribution >= 0.6 is 31.9 Å². The highest BCUT2D eigenvalue weighted by Crippen LogP contribution is 2.13. The smallest absolute Gasteiger partial charge is 0.00313 e. The Labute approximate surface area is 129 Å². The molecule has 0 fully saturated rings. The van der Waals surface area contributed by atoms with E-state index in [1.54, 1.807) is 0 Å². The van der Waals surface area contributed by atoms with Gasteiger partial charge in [-0.05, 0) is 49.7 Å². The lowest BCUT2D eigenvalue weighted by Gasteiger charge is -2.05. The molecule has 0 bridgehead atoms. The summed E-state index contributed by atoms with van der Waals surface area (Å²) in [5.41, 5.74) is 3.03. The molecule has 0 spiro atoms. The average Bonchev–Trinajstić information content (AvgIpc) is 2.40. The quantitative estimate of drug-likeness (QED) is 0.352. The molecule has 0 atom stereocenters. The van der Waals surface area contributed by atoms with E-state index in [4.69, 9.17) is 0 Å². The second kappa shape index (κ2) is 11.0. The number of hydrogen-bond acceptors (Lipinski definition) is 0. The minimum Gasteiger partial charge on any atom is -0.0928 e. The fourth-order valence-corrected chi connectivity index (χ4v) is 2.93. The summed E-state index contributed by atoms with van der Waals surface area (Å²) in [6.45, 7) is 0. The third-order valence-corrected chi connectivity index (χ3v) is 4.31. The molecule has 2 heteroatoms. The molecular weight excluding hydrogens is 352 g/mol. The molecule has 0 aliphatic carbocycles. The lowest BCUT2D eigenvalue weighted by Crippen LogP contribution is -1.91. The van der Waals surface area contributed by atoms with Crippen LogP contribution < -0.4 is 0 Å². The molecule has 0 unspecified atom stereocenters. The second-order valence-electron chi connectivity index (χ2n) is 4.82. The normalized spacial score (nSPS) is 10.8. The fraction of sp³-hybridized carbons (Fsp3) is 0.625. The van der Waals surface area contributed by atoms with Crippen LogP contribution in [0.3, 0.4) is 0 Å². The Morgan fingerprint density at radius 2 is 1.17 bits per heavy atom. The first-order valence-electron chi connectivity index (χ1n) is 7.06. The minimum atomic E-state index is 1.14. The Morgan fingerprint density at radius 1 is 0.667 bits per heavy atom. The van der Waals surface area contributed by atoms with Crippen LogP contribution in [0.5, 0.6) is 0 Å². The van der Waals surface area contributed by atoms with Gasteiger partial charge in [0.15, 0.2) is 0 Å². The highest BCUT2D eigenvalue weighted by molar-refractivity contribution is 9.09. The summed E-state index contributed by atoms with van der Waals surface area (Å²) in [4.78, 5) is 0. The Kier molecular flexibility index (Phi) is 9.96. The van der Waals surface area contributed by atoms with Crippen molar-refractivity contribution >= 4 is 31.9 Å². The molecule has 0 radical (unpaired) electrons. The highest BCUT2D eigenvalue weighted by atomic mass is 79.9. The number of hydrogen-bond donors (Lipinski definition) is 0. The first-order chi connectivity index (χ1) is 8.86. The molecule has 0 N–H and O–H groups in total. The van der Waals surface area contributed by atoms with Gasteiger partial charge in [-0.15, -0.1) is 0 Å². The van der Waals surface area contributed by atoms with Crippen LogP contribution in [0.4, 0.5) is 0 Å². The average molecular weight is 376 g/mol. The zero-order chi connectivity index (χ0) is 13.1. The van der Waals surface area contributed by atoms with Gasteiger partial charge < -0.3 is 0 Å². The number of unbranched alkanes of at least 4 members (excludes halogenated alkanes) is 4. The summed E-state index contributed by atoms with van der Waals surface area (Å²) in [6.07, 6.45) is 10.4. The van der Waals surface area contributed by atoms with Crippen molar-refractivity contribution in [3.63, 3.8) is 0 Å². The maximum atomic E-state index is 3.49. The minimum absolute atomic E-state index is 1.14. The van der Waals surface area contributed by atoms with E-state index in [9.17, 15) is 0 Å². The molecule has 102 valence electrons. The highest BCUT2D eigenvalue weighted by Gasteiger charge is 1.97. The molecule has 0 aliphatic heterocycles. The molecule has 0 nitrogen and oxygen atoms in total. The number of benzene rings is 1. The van der Waals surface area contributed by atoms with Crippen LogP contribution in [0.15, 0.2) is 24.3 Å². The first kappa shape index (κ1) is 16.2. The molecule has 1 aromatic rings. The van der Waals surface area contributed by atoms with Gasteiger partial charge in [-0.1, -0.05) is 69.0 Å². The summed E-state index contributed by atoms with van der Waals surface area (Å²) in [5, 5.41) is 2.28. The van der Waals surface area contributed by atoms with Crippen molar-refractivity contribution in [2.45, 2.75) is 51.4 Å². The predicted molar refractivity (Wildman–Crippen MR) is 89.1 cm³/mol. The van der Waals surface area contributed by atoms with Gasteiger partial charge in [-0.3, -0.25) is 0 Å². The molecule has 0 heterocycles. The monoisotopic (exact) mass is 374 g/mol. The number of aryl methyl sites for hydroxylation is 2. The summed E-state index contributed by atoms with van der Waals surface area (Å²) in [6, 6.07) is 9.17. The van der Waals surface area contributed by atoms with Crippen molar-refractivity contribution in [3.05, 3.63) is 35.4 Å². The van der Waals surface area contributed by atoms with E-state index in [1.165, 1.54) is 62.5 Å². The molecule has 1 aromatic carbocycles. The standard InChI is InChI=1S/C16H24Br2/c17-12-5-1-3-8-15-10-7-11-16(14-15)9-4-2-6-13-18/h7,10-11,14H,1-6,8-9,12-13H2.